The molecular weight excluding hydrogens is 302 g/mol. The molecule has 5 heteroatoms. The van der Waals surface area contributed by atoms with Crippen molar-refractivity contribution in [2.24, 2.45) is 0 Å². The number of nitrogens with zero attached hydrogens (tertiary/aromatic N) is 3. The number of carbonyl (C=O) groups excluding carboxylic acids is 1. The first-order valence-electron chi connectivity index (χ1n) is 8.67. The van der Waals surface area contributed by atoms with E-state index in [1.165, 1.54) is 25.7 Å². The molecule has 0 aliphatic rings. The number of unbranched alkanes of at least 4 members (excludes halogenated alkanes) is 5. The molecular formula is C19H25N3O2. The van der Waals surface area contributed by atoms with Crippen LogP contribution < -0.4 is 4.74 Å². The molecule has 24 heavy (non-hydrogen) atoms. The zero-order valence-electron chi connectivity index (χ0n) is 14.5. The Morgan fingerprint density at radius 1 is 1.08 bits per heavy atom. The van der Waals surface area contributed by atoms with E-state index in [0.29, 0.717) is 17.9 Å². The molecule has 0 amide bonds. The molecule has 1 aromatic heterocycles. The van der Waals surface area contributed by atoms with Crippen LogP contribution in [0.25, 0.3) is 11.3 Å². The van der Waals surface area contributed by atoms with Gasteiger partial charge in [0.25, 0.3) is 0 Å². The molecule has 128 valence electrons. The van der Waals surface area contributed by atoms with E-state index in [1.54, 1.807) is 18.3 Å². The summed E-state index contributed by atoms with van der Waals surface area (Å²) in [4.78, 5) is 12.1. The van der Waals surface area contributed by atoms with Crippen molar-refractivity contribution >= 4 is 5.97 Å². The van der Waals surface area contributed by atoms with Gasteiger partial charge in [-0.25, -0.2) is 0 Å². The van der Waals surface area contributed by atoms with Gasteiger partial charge in [-0.3, -0.25) is 4.79 Å². The molecule has 5 nitrogen and oxygen atoms in total. The van der Waals surface area contributed by atoms with Crippen molar-refractivity contribution in [3.8, 4) is 17.0 Å². The number of ether oxygens (including phenoxy) is 1. The van der Waals surface area contributed by atoms with Crippen molar-refractivity contribution in [3.63, 3.8) is 0 Å². The van der Waals surface area contributed by atoms with Crippen LogP contribution in [0.2, 0.25) is 0 Å². The summed E-state index contributed by atoms with van der Waals surface area (Å²) in [5.41, 5.74) is 2.44. The van der Waals surface area contributed by atoms with E-state index in [1.807, 2.05) is 19.1 Å². The normalized spacial score (nSPS) is 10.6. The van der Waals surface area contributed by atoms with Crippen molar-refractivity contribution in [2.75, 3.05) is 0 Å². The number of benzene rings is 1. The number of hydrogen-bond donors (Lipinski definition) is 0. The van der Waals surface area contributed by atoms with Crippen molar-refractivity contribution in [3.05, 3.63) is 36.0 Å². The van der Waals surface area contributed by atoms with E-state index in [-0.39, 0.29) is 5.97 Å². The van der Waals surface area contributed by atoms with Crippen LogP contribution in [-0.2, 0) is 4.79 Å². The molecule has 0 fully saturated rings. The molecule has 0 N–H and O–H groups in total. The molecule has 0 aliphatic heterocycles. The predicted octanol–water partition coefficient (Wildman–Crippen LogP) is 4.50. The van der Waals surface area contributed by atoms with Crippen molar-refractivity contribution in [2.45, 2.75) is 58.8 Å². The number of hydrogen-bond acceptors (Lipinski definition) is 5. The third kappa shape index (κ3) is 5.41. The Bertz CT molecular complexity index is 644. The van der Waals surface area contributed by atoms with Crippen LogP contribution in [0, 0.1) is 6.92 Å². The first-order valence-corrected chi connectivity index (χ1v) is 8.67. The fraction of sp³-hybridized carbons (Fsp3) is 0.474. The lowest BCUT2D eigenvalue weighted by Crippen LogP contribution is -2.09. The van der Waals surface area contributed by atoms with E-state index in [2.05, 4.69) is 22.3 Å². The summed E-state index contributed by atoms with van der Waals surface area (Å²) in [5.74, 6) is 0.339. The summed E-state index contributed by atoms with van der Waals surface area (Å²) in [6, 6.07) is 7.40. The van der Waals surface area contributed by atoms with Gasteiger partial charge in [-0.1, -0.05) is 51.2 Å². The van der Waals surface area contributed by atoms with E-state index < -0.39 is 0 Å². The number of carbonyl (C=O) groups is 1. The summed E-state index contributed by atoms with van der Waals surface area (Å²) < 4.78 is 5.58. The SMILES string of the molecule is CCCCCCCCC(=O)Oc1cccc(C)c1-c1ccnnn1. The second kappa shape index (κ2) is 9.75. The van der Waals surface area contributed by atoms with Crippen LogP contribution in [0.15, 0.2) is 30.5 Å². The maximum Gasteiger partial charge on any atom is 0.311 e. The highest BCUT2D eigenvalue weighted by Crippen LogP contribution is 2.31. The quantitative estimate of drug-likeness (QED) is 0.385. The zero-order chi connectivity index (χ0) is 17.2. The highest BCUT2D eigenvalue weighted by atomic mass is 16.5. The van der Waals surface area contributed by atoms with Gasteiger partial charge in [0.1, 0.15) is 11.4 Å². The van der Waals surface area contributed by atoms with Gasteiger partial charge in [0.05, 0.1) is 6.20 Å². The first-order chi connectivity index (χ1) is 11.7. The summed E-state index contributed by atoms with van der Waals surface area (Å²) in [6.45, 7) is 4.16. The molecule has 1 aromatic carbocycles. The minimum absolute atomic E-state index is 0.195. The zero-order valence-corrected chi connectivity index (χ0v) is 14.5. The lowest BCUT2D eigenvalue weighted by molar-refractivity contribution is -0.134. The minimum Gasteiger partial charge on any atom is -0.426 e. The molecule has 0 bridgehead atoms. The molecule has 1 heterocycles. The third-order valence-electron chi connectivity index (χ3n) is 3.95. The standard InChI is InChI=1S/C19H25N3O2/c1-3-4-5-6-7-8-12-18(23)24-17-11-9-10-15(2)19(17)16-13-14-20-22-21-16/h9-11,13-14H,3-8,12H2,1-2H3. The summed E-state index contributed by atoms with van der Waals surface area (Å²) in [6.07, 6.45) is 8.90. The second-order valence-electron chi connectivity index (χ2n) is 5.95. The smallest absolute Gasteiger partial charge is 0.311 e. The number of rotatable bonds is 9. The first kappa shape index (κ1) is 18.0. The number of esters is 1. The summed E-state index contributed by atoms with van der Waals surface area (Å²) in [7, 11) is 0. The number of aromatic nitrogens is 3. The summed E-state index contributed by atoms with van der Waals surface area (Å²) >= 11 is 0. The Morgan fingerprint density at radius 2 is 1.88 bits per heavy atom. The minimum atomic E-state index is -0.195. The van der Waals surface area contributed by atoms with Gasteiger partial charge >= 0.3 is 5.97 Å². The Kier molecular flexibility index (Phi) is 7.33. The van der Waals surface area contributed by atoms with Crippen LogP contribution in [-0.4, -0.2) is 21.4 Å². The highest BCUT2D eigenvalue weighted by Gasteiger charge is 2.14. The lowest BCUT2D eigenvalue weighted by Gasteiger charge is -2.11. The maximum atomic E-state index is 12.1. The van der Waals surface area contributed by atoms with Gasteiger partial charge in [0.2, 0.25) is 0 Å². The molecule has 0 radical (unpaired) electrons. The van der Waals surface area contributed by atoms with Gasteiger partial charge in [0, 0.05) is 12.0 Å². The van der Waals surface area contributed by atoms with E-state index in [0.717, 1.165) is 24.0 Å². The lowest BCUT2D eigenvalue weighted by atomic mass is 10.0. The predicted molar refractivity (Wildman–Crippen MR) is 93.6 cm³/mol. The van der Waals surface area contributed by atoms with E-state index in [9.17, 15) is 4.79 Å². The van der Waals surface area contributed by atoms with Crippen LogP contribution in [0.4, 0.5) is 0 Å². The Labute approximate surface area is 143 Å². The van der Waals surface area contributed by atoms with Crippen molar-refractivity contribution in [1.29, 1.82) is 0 Å². The second-order valence-corrected chi connectivity index (χ2v) is 5.95. The highest BCUT2D eigenvalue weighted by molar-refractivity contribution is 5.78. The molecule has 0 unspecified atom stereocenters. The number of aryl methyl sites for hydroxylation is 1. The van der Waals surface area contributed by atoms with Gasteiger partial charge in [-0.15, -0.1) is 10.2 Å². The van der Waals surface area contributed by atoms with Crippen LogP contribution >= 0.6 is 0 Å². The van der Waals surface area contributed by atoms with Gasteiger partial charge in [-0.05, 0) is 36.3 Å². The molecule has 0 atom stereocenters. The maximum absolute atomic E-state index is 12.1. The molecule has 0 spiro atoms. The monoisotopic (exact) mass is 327 g/mol. The Hall–Kier alpha value is -2.30. The summed E-state index contributed by atoms with van der Waals surface area (Å²) in [5, 5.41) is 11.4. The van der Waals surface area contributed by atoms with Gasteiger partial charge in [0.15, 0.2) is 0 Å². The van der Waals surface area contributed by atoms with Crippen LogP contribution in [0.3, 0.4) is 0 Å². The average molecular weight is 327 g/mol. The van der Waals surface area contributed by atoms with Crippen molar-refractivity contribution < 1.29 is 9.53 Å². The average Bonchev–Trinajstić information content (AvgIpc) is 2.59. The van der Waals surface area contributed by atoms with Crippen LogP contribution in [0.1, 0.15) is 57.4 Å². The van der Waals surface area contributed by atoms with E-state index in [4.69, 9.17) is 4.74 Å². The topological polar surface area (TPSA) is 65.0 Å². The van der Waals surface area contributed by atoms with Crippen LogP contribution in [0.5, 0.6) is 5.75 Å². The third-order valence-corrected chi connectivity index (χ3v) is 3.95. The molecule has 0 saturated heterocycles. The Morgan fingerprint density at radius 3 is 2.62 bits per heavy atom. The van der Waals surface area contributed by atoms with Gasteiger partial charge < -0.3 is 4.74 Å². The molecule has 2 aromatic rings. The molecule has 0 aliphatic carbocycles. The van der Waals surface area contributed by atoms with Gasteiger partial charge in [-0.2, -0.15) is 0 Å². The Balaban J connectivity index is 1.95. The largest absolute Gasteiger partial charge is 0.426 e. The van der Waals surface area contributed by atoms with Crippen molar-refractivity contribution in [1.82, 2.24) is 15.4 Å². The van der Waals surface area contributed by atoms with E-state index >= 15 is 0 Å². The fourth-order valence-electron chi connectivity index (χ4n) is 2.65. The fourth-order valence-corrected chi connectivity index (χ4v) is 2.65. The molecule has 2 rings (SSSR count). The molecule has 0 saturated carbocycles.